The number of hydrogen-bond donors (Lipinski definition) is 2. The summed E-state index contributed by atoms with van der Waals surface area (Å²) in [4.78, 5) is 0. The highest BCUT2D eigenvalue weighted by molar-refractivity contribution is 6.31. The van der Waals surface area contributed by atoms with E-state index in [1.165, 1.54) is 0 Å². The lowest BCUT2D eigenvalue weighted by molar-refractivity contribution is 0.134. The van der Waals surface area contributed by atoms with Crippen LogP contribution in [0.3, 0.4) is 0 Å². The molecule has 0 radical (unpaired) electrons. The van der Waals surface area contributed by atoms with Crippen LogP contribution in [-0.2, 0) is 4.74 Å². The van der Waals surface area contributed by atoms with E-state index in [1.54, 1.807) is 12.1 Å². The van der Waals surface area contributed by atoms with Crippen LogP contribution >= 0.6 is 11.6 Å². The van der Waals surface area contributed by atoms with Crippen molar-refractivity contribution in [3.63, 3.8) is 0 Å². The molecule has 0 heterocycles. The van der Waals surface area contributed by atoms with Crippen LogP contribution < -0.4 is 11.1 Å². The topological polar surface area (TPSA) is 47.3 Å². The van der Waals surface area contributed by atoms with Crippen molar-refractivity contribution < 1.29 is 4.74 Å². The van der Waals surface area contributed by atoms with Gasteiger partial charge in [0.05, 0.1) is 11.4 Å². The summed E-state index contributed by atoms with van der Waals surface area (Å²) < 4.78 is 5.38. The first-order chi connectivity index (χ1) is 7.74. The molecule has 0 unspecified atom stereocenters. The monoisotopic (exact) mass is 242 g/mol. The van der Waals surface area contributed by atoms with Crippen LogP contribution in [0.2, 0.25) is 5.02 Å². The van der Waals surface area contributed by atoms with Gasteiger partial charge in [-0.3, -0.25) is 0 Å². The average molecular weight is 243 g/mol. The molecule has 0 fully saturated rings. The molecule has 0 aliphatic rings. The van der Waals surface area contributed by atoms with Crippen molar-refractivity contribution in [2.24, 2.45) is 0 Å². The first-order valence-corrected chi connectivity index (χ1v) is 5.98. The minimum atomic E-state index is 0.693. The number of hydrogen-bond acceptors (Lipinski definition) is 3. The highest BCUT2D eigenvalue weighted by Gasteiger charge is 1.98. The summed E-state index contributed by atoms with van der Waals surface area (Å²) in [5.74, 6) is 0. The van der Waals surface area contributed by atoms with Crippen LogP contribution in [0.4, 0.5) is 11.4 Å². The van der Waals surface area contributed by atoms with Crippen molar-refractivity contribution in [1.82, 2.24) is 0 Å². The second-order valence-corrected chi connectivity index (χ2v) is 4.06. The first kappa shape index (κ1) is 13.1. The van der Waals surface area contributed by atoms with E-state index < -0.39 is 0 Å². The Morgan fingerprint density at radius 1 is 1.38 bits per heavy atom. The number of nitrogen functional groups attached to an aromatic ring is 1. The molecule has 0 bridgehead atoms. The zero-order chi connectivity index (χ0) is 11.8. The molecule has 0 spiro atoms. The van der Waals surface area contributed by atoms with Crippen molar-refractivity contribution in [1.29, 1.82) is 0 Å². The fraction of sp³-hybridized carbons (Fsp3) is 0.500. The highest BCUT2D eigenvalue weighted by Crippen LogP contribution is 2.22. The van der Waals surface area contributed by atoms with Crippen molar-refractivity contribution in [2.45, 2.75) is 19.8 Å². The summed E-state index contributed by atoms with van der Waals surface area (Å²) in [5.41, 5.74) is 7.41. The van der Waals surface area contributed by atoms with Gasteiger partial charge in [0.1, 0.15) is 0 Å². The Morgan fingerprint density at radius 2 is 2.19 bits per heavy atom. The van der Waals surface area contributed by atoms with Gasteiger partial charge in [0.2, 0.25) is 0 Å². The molecule has 0 saturated heterocycles. The molecular formula is C12H19ClN2O. The van der Waals surface area contributed by atoms with E-state index >= 15 is 0 Å². The molecular weight excluding hydrogens is 224 g/mol. The van der Waals surface area contributed by atoms with Gasteiger partial charge in [-0.15, -0.1) is 0 Å². The maximum Gasteiger partial charge on any atom is 0.0588 e. The van der Waals surface area contributed by atoms with Crippen LogP contribution in [0, 0.1) is 0 Å². The van der Waals surface area contributed by atoms with Gasteiger partial charge in [-0.25, -0.2) is 0 Å². The number of ether oxygens (including phenoxy) is 1. The molecule has 90 valence electrons. The molecule has 0 aliphatic carbocycles. The van der Waals surface area contributed by atoms with E-state index in [0.717, 1.165) is 44.0 Å². The maximum absolute atomic E-state index is 5.88. The molecule has 1 aromatic carbocycles. The Kier molecular flexibility index (Phi) is 6.04. The van der Waals surface area contributed by atoms with Crippen molar-refractivity contribution in [3.8, 4) is 0 Å². The summed E-state index contributed by atoms with van der Waals surface area (Å²) in [6.45, 7) is 4.56. The third-order valence-electron chi connectivity index (χ3n) is 2.14. The Labute approximate surface area is 102 Å². The zero-order valence-electron chi connectivity index (χ0n) is 9.63. The number of rotatable bonds is 7. The largest absolute Gasteiger partial charge is 0.397 e. The quantitative estimate of drug-likeness (QED) is 0.570. The molecule has 0 atom stereocenters. The molecule has 1 aromatic rings. The average Bonchev–Trinajstić information content (AvgIpc) is 2.28. The normalized spacial score (nSPS) is 10.4. The lowest BCUT2D eigenvalue weighted by Crippen LogP contribution is -2.07. The fourth-order valence-corrected chi connectivity index (χ4v) is 1.50. The summed E-state index contributed by atoms with van der Waals surface area (Å²) >= 11 is 5.88. The van der Waals surface area contributed by atoms with Crippen molar-refractivity contribution in [3.05, 3.63) is 23.2 Å². The summed E-state index contributed by atoms with van der Waals surface area (Å²) in [6.07, 6.45) is 2.03. The van der Waals surface area contributed by atoms with Gasteiger partial charge in [0.15, 0.2) is 0 Å². The molecule has 16 heavy (non-hydrogen) atoms. The Hall–Kier alpha value is -0.930. The third-order valence-corrected chi connectivity index (χ3v) is 2.38. The predicted octanol–water partition coefficient (Wildman–Crippen LogP) is 3.15. The van der Waals surface area contributed by atoms with Crippen LogP contribution in [0.5, 0.6) is 0 Å². The summed E-state index contributed by atoms with van der Waals surface area (Å²) in [6, 6.07) is 5.43. The predicted molar refractivity (Wildman–Crippen MR) is 70.1 cm³/mol. The summed E-state index contributed by atoms with van der Waals surface area (Å²) in [7, 11) is 0. The lowest BCUT2D eigenvalue weighted by atomic mass is 10.2. The highest BCUT2D eigenvalue weighted by atomic mass is 35.5. The number of nitrogens with two attached hydrogens (primary N) is 1. The van der Waals surface area contributed by atoms with E-state index in [-0.39, 0.29) is 0 Å². The number of nitrogens with one attached hydrogen (secondary N) is 1. The lowest BCUT2D eigenvalue weighted by Gasteiger charge is -2.09. The van der Waals surface area contributed by atoms with E-state index in [0.29, 0.717) is 5.02 Å². The van der Waals surface area contributed by atoms with Gasteiger partial charge in [-0.1, -0.05) is 18.5 Å². The second kappa shape index (κ2) is 7.36. The van der Waals surface area contributed by atoms with Crippen LogP contribution in [0.25, 0.3) is 0 Å². The van der Waals surface area contributed by atoms with Crippen LogP contribution in [-0.4, -0.2) is 19.8 Å². The van der Waals surface area contributed by atoms with Gasteiger partial charge in [-0.05, 0) is 31.0 Å². The van der Waals surface area contributed by atoms with Crippen LogP contribution in [0.1, 0.15) is 19.8 Å². The summed E-state index contributed by atoms with van der Waals surface area (Å²) in [5, 5.41) is 3.93. The van der Waals surface area contributed by atoms with Gasteiger partial charge in [-0.2, -0.15) is 0 Å². The standard InChI is InChI=1S/C12H19ClN2O/c1-2-7-16-8-3-6-15-12-9-10(13)4-5-11(12)14/h4-5,9,15H,2-3,6-8,14H2,1H3. The number of halogens is 1. The Bertz CT molecular complexity index is 318. The Morgan fingerprint density at radius 3 is 2.94 bits per heavy atom. The van der Waals surface area contributed by atoms with Crippen molar-refractivity contribution >= 4 is 23.0 Å². The van der Waals surface area contributed by atoms with Gasteiger partial charge in [0, 0.05) is 24.8 Å². The molecule has 0 amide bonds. The first-order valence-electron chi connectivity index (χ1n) is 5.60. The fourth-order valence-electron chi connectivity index (χ4n) is 1.33. The minimum absolute atomic E-state index is 0.693. The van der Waals surface area contributed by atoms with Gasteiger partial charge < -0.3 is 15.8 Å². The van der Waals surface area contributed by atoms with Crippen LogP contribution in [0.15, 0.2) is 18.2 Å². The number of anilines is 2. The molecule has 0 aliphatic heterocycles. The molecule has 3 N–H and O–H groups in total. The van der Waals surface area contributed by atoms with E-state index in [2.05, 4.69) is 12.2 Å². The smallest absolute Gasteiger partial charge is 0.0588 e. The van der Waals surface area contributed by atoms with E-state index in [1.807, 2.05) is 6.07 Å². The minimum Gasteiger partial charge on any atom is -0.397 e. The van der Waals surface area contributed by atoms with E-state index in [4.69, 9.17) is 22.1 Å². The molecule has 4 heteroatoms. The molecule has 3 nitrogen and oxygen atoms in total. The van der Waals surface area contributed by atoms with E-state index in [9.17, 15) is 0 Å². The number of benzene rings is 1. The molecule has 0 aromatic heterocycles. The van der Waals surface area contributed by atoms with Crippen molar-refractivity contribution in [2.75, 3.05) is 30.8 Å². The zero-order valence-corrected chi connectivity index (χ0v) is 10.4. The Balaban J connectivity index is 2.23. The third kappa shape index (κ3) is 4.73. The van der Waals surface area contributed by atoms with Gasteiger partial charge >= 0.3 is 0 Å². The molecule has 1 rings (SSSR count). The maximum atomic E-state index is 5.88. The van der Waals surface area contributed by atoms with Gasteiger partial charge in [0.25, 0.3) is 0 Å². The molecule has 0 saturated carbocycles. The second-order valence-electron chi connectivity index (χ2n) is 3.62. The SMILES string of the molecule is CCCOCCCNc1cc(Cl)ccc1N.